The second kappa shape index (κ2) is 18.2. The molecule has 9 N–H and O–H groups in total. The number of carbonyl (C=O) groups is 2. The molecule has 0 radical (unpaired) electrons. The number of nitrogens with one attached hydrogen (secondary N) is 3. The number of carboxylic acid groups (broad SMARTS) is 2. The number of aromatic nitrogens is 3. The van der Waals surface area contributed by atoms with E-state index in [1.54, 1.807) is 30.5 Å². The van der Waals surface area contributed by atoms with Crippen LogP contribution in [0.3, 0.4) is 0 Å². The minimum atomic E-state index is -1.15. The summed E-state index contributed by atoms with van der Waals surface area (Å²) in [6.45, 7) is 0. The van der Waals surface area contributed by atoms with Crippen LogP contribution < -0.4 is 11.5 Å². The zero-order valence-electron chi connectivity index (χ0n) is 32.3. The van der Waals surface area contributed by atoms with E-state index in [1.807, 2.05) is 60.9 Å². The van der Waals surface area contributed by atoms with Crippen LogP contribution in [0.1, 0.15) is 11.1 Å². The highest BCUT2D eigenvalue weighted by Gasteiger charge is 2.25. The number of aromatic amines is 3. The number of nitrogens with zero attached hydrogens (tertiary/aromatic N) is 1. The Morgan fingerprint density at radius 2 is 1.07 bits per heavy atom. The molecule has 9 aromatic rings. The Morgan fingerprint density at radius 3 is 1.65 bits per heavy atom. The summed E-state index contributed by atoms with van der Waals surface area (Å²) in [6, 6.07) is 45.7. The number of rotatable bonds is 10. The Labute approximate surface area is 344 Å². The van der Waals surface area contributed by atoms with Gasteiger partial charge in [-0.3, -0.25) is 19.7 Å². The van der Waals surface area contributed by atoms with Gasteiger partial charge in [-0.1, -0.05) is 103 Å². The first-order valence-electron chi connectivity index (χ1n) is 19.1. The molecule has 2 atom stereocenters. The van der Waals surface area contributed by atoms with Crippen LogP contribution in [-0.4, -0.2) is 54.1 Å². The molecule has 3 aromatic heterocycles. The van der Waals surface area contributed by atoms with Crippen LogP contribution >= 0.6 is 0 Å². The molecule has 0 bridgehead atoms. The highest BCUT2D eigenvalue weighted by molar-refractivity contribution is 5.99. The van der Waals surface area contributed by atoms with E-state index in [1.165, 1.54) is 22.0 Å². The predicted octanol–water partition coefficient (Wildman–Crippen LogP) is 9.32. The number of aliphatic carboxylic acids is 2. The lowest BCUT2D eigenvalue weighted by molar-refractivity contribution is -0.382. The third-order valence-electron chi connectivity index (χ3n) is 10.2. The molecule has 2 unspecified atom stereocenters. The fourth-order valence-electron chi connectivity index (χ4n) is 7.14. The molecule has 6 aromatic carbocycles. The maximum atomic E-state index is 11.7. The van der Waals surface area contributed by atoms with Crippen LogP contribution in [0.2, 0.25) is 0 Å². The molecular formula is C48H42N6O6. The maximum Gasteiger partial charge on any atom is 0.320 e. The van der Waals surface area contributed by atoms with Crippen LogP contribution in [0.15, 0.2) is 164 Å². The molecule has 60 heavy (non-hydrogen) atoms. The van der Waals surface area contributed by atoms with Crippen molar-refractivity contribution in [1.29, 1.82) is 0 Å². The molecule has 3 heterocycles. The first kappa shape index (κ1) is 40.4. The molecule has 0 amide bonds. The molecular weight excluding hydrogens is 757 g/mol. The van der Waals surface area contributed by atoms with Gasteiger partial charge in [0.1, 0.15) is 12.1 Å². The van der Waals surface area contributed by atoms with Crippen molar-refractivity contribution in [3.63, 3.8) is 0 Å². The molecule has 0 saturated carbocycles. The van der Waals surface area contributed by atoms with Crippen molar-refractivity contribution in [3.05, 3.63) is 185 Å². The Morgan fingerprint density at radius 1 is 0.567 bits per heavy atom. The van der Waals surface area contributed by atoms with Crippen molar-refractivity contribution >= 4 is 50.3 Å². The summed E-state index contributed by atoms with van der Waals surface area (Å²) in [7, 11) is 0. The zero-order valence-corrected chi connectivity index (χ0v) is 32.3. The molecule has 0 aliphatic rings. The maximum absolute atomic E-state index is 11.7. The molecule has 9 rings (SSSR count). The fraction of sp³-hybridized carbons (Fsp3) is 0.0833. The van der Waals surface area contributed by atoms with Crippen molar-refractivity contribution in [2.75, 3.05) is 0 Å². The number of H-pyrrole nitrogens is 3. The average Bonchev–Trinajstić information content (AvgIpc) is 4.03. The highest BCUT2D eigenvalue weighted by Crippen LogP contribution is 2.38. The van der Waals surface area contributed by atoms with Crippen molar-refractivity contribution in [2.24, 2.45) is 11.5 Å². The van der Waals surface area contributed by atoms with Crippen LogP contribution in [-0.2, 0) is 22.4 Å². The lowest BCUT2D eigenvalue weighted by Crippen LogP contribution is -2.32. The van der Waals surface area contributed by atoms with Crippen molar-refractivity contribution < 1.29 is 24.7 Å². The van der Waals surface area contributed by atoms with Gasteiger partial charge >= 0.3 is 11.9 Å². The minimum absolute atomic E-state index is 0.00835. The summed E-state index contributed by atoms with van der Waals surface area (Å²) in [6.07, 6.45) is 5.71. The van der Waals surface area contributed by atoms with Gasteiger partial charge in [0.25, 0.3) is 5.69 Å². The molecule has 12 heteroatoms. The van der Waals surface area contributed by atoms with E-state index in [2.05, 4.69) is 87.7 Å². The number of hydrogen-bond acceptors (Lipinski definition) is 6. The second-order valence-corrected chi connectivity index (χ2v) is 14.2. The van der Waals surface area contributed by atoms with E-state index in [-0.39, 0.29) is 12.1 Å². The zero-order chi connectivity index (χ0) is 42.2. The third kappa shape index (κ3) is 9.16. The Balaban J connectivity index is 0.000000139. The van der Waals surface area contributed by atoms with E-state index in [4.69, 9.17) is 21.7 Å². The van der Waals surface area contributed by atoms with Crippen molar-refractivity contribution in [1.82, 2.24) is 15.0 Å². The lowest BCUT2D eigenvalue weighted by Gasteiger charge is -2.08. The van der Waals surface area contributed by atoms with Crippen LogP contribution in [0.25, 0.3) is 66.1 Å². The van der Waals surface area contributed by atoms with Crippen molar-refractivity contribution in [3.8, 4) is 33.4 Å². The van der Waals surface area contributed by atoms with E-state index in [0.717, 1.165) is 33.2 Å². The summed E-state index contributed by atoms with van der Waals surface area (Å²) >= 11 is 0. The van der Waals surface area contributed by atoms with E-state index in [9.17, 15) is 19.7 Å². The smallest absolute Gasteiger partial charge is 0.320 e. The molecule has 12 nitrogen and oxygen atoms in total. The average molecular weight is 799 g/mol. The summed E-state index contributed by atoms with van der Waals surface area (Å²) in [5.41, 5.74) is 21.4. The van der Waals surface area contributed by atoms with Gasteiger partial charge in [0, 0.05) is 47.9 Å². The second-order valence-electron chi connectivity index (χ2n) is 14.2. The first-order chi connectivity index (χ1) is 29.1. The predicted molar refractivity (Wildman–Crippen MR) is 236 cm³/mol. The van der Waals surface area contributed by atoms with Crippen LogP contribution in [0.5, 0.6) is 0 Å². The summed E-state index contributed by atoms with van der Waals surface area (Å²) in [4.78, 5) is 42.5. The van der Waals surface area contributed by atoms with E-state index < -0.39 is 28.9 Å². The first-order valence-corrected chi connectivity index (χ1v) is 19.1. The molecule has 0 aliphatic heterocycles. The SMILES string of the molecule is NC(Cc1c[nH]c2ccc(-c3ccccc3)c([N+](=O)[O-])c12)C(=O)O.NC(Cc1c[nH]c2ccc(-c3ccccc3)cc12)C(=O)O.c1ccc(-c2ccc3[nH]ccc3c2)cc1. The molecule has 0 aliphatic carbocycles. The van der Waals surface area contributed by atoms with Gasteiger partial charge < -0.3 is 36.6 Å². The topological polar surface area (TPSA) is 217 Å². The van der Waals surface area contributed by atoms with Gasteiger partial charge in [-0.2, -0.15) is 0 Å². The molecule has 0 spiro atoms. The number of benzene rings is 6. The van der Waals surface area contributed by atoms with E-state index in [0.29, 0.717) is 28.5 Å². The fourth-order valence-corrected chi connectivity index (χ4v) is 7.14. The summed E-state index contributed by atoms with van der Waals surface area (Å²) in [5, 5.41) is 32.4. The monoisotopic (exact) mass is 798 g/mol. The largest absolute Gasteiger partial charge is 0.480 e. The number of fused-ring (bicyclic) bond motifs is 3. The Hall–Kier alpha value is -7.80. The standard InChI is InChI=1S/C17H15N3O4.C17H16N2O2.C14H11N/c18-13(17(21)22)8-11-9-19-14-7-6-12(10-4-2-1-3-5-10)16(15(11)14)20(23)24;18-15(17(20)21)9-13-10-19-16-7-6-12(8-14(13)16)11-4-2-1-3-5-11;1-2-4-11(5-3-1)12-6-7-14-13(10-12)8-9-15-14/h1-7,9,13,19H,8,18H2,(H,21,22);1-8,10,15,19H,9,18H2,(H,20,21);1-10,15H. The number of carboxylic acids is 2. The minimum Gasteiger partial charge on any atom is -0.480 e. The van der Waals surface area contributed by atoms with Gasteiger partial charge in [0.2, 0.25) is 0 Å². The van der Waals surface area contributed by atoms with Gasteiger partial charge in [-0.05, 0) is 86.8 Å². The Kier molecular flexibility index (Phi) is 12.3. The number of nitro groups is 1. The van der Waals surface area contributed by atoms with Crippen LogP contribution in [0.4, 0.5) is 5.69 Å². The molecule has 300 valence electrons. The van der Waals surface area contributed by atoms with Gasteiger partial charge in [0.15, 0.2) is 0 Å². The lowest BCUT2D eigenvalue weighted by atomic mass is 9.97. The van der Waals surface area contributed by atoms with Gasteiger partial charge in [-0.15, -0.1) is 0 Å². The van der Waals surface area contributed by atoms with E-state index >= 15 is 0 Å². The van der Waals surface area contributed by atoms with Crippen molar-refractivity contribution in [2.45, 2.75) is 24.9 Å². The normalized spacial score (nSPS) is 11.9. The summed E-state index contributed by atoms with van der Waals surface area (Å²) < 4.78 is 0. The molecule has 0 fully saturated rings. The third-order valence-corrected chi connectivity index (χ3v) is 10.2. The molecule has 0 saturated heterocycles. The van der Waals surface area contributed by atoms with Gasteiger partial charge in [0.05, 0.1) is 21.4 Å². The van der Waals surface area contributed by atoms with Gasteiger partial charge in [-0.25, -0.2) is 0 Å². The highest BCUT2D eigenvalue weighted by atomic mass is 16.6. The Bertz CT molecular complexity index is 2900. The number of hydrogen-bond donors (Lipinski definition) is 7. The van der Waals surface area contributed by atoms with Crippen LogP contribution in [0, 0.1) is 10.1 Å². The quantitative estimate of drug-likeness (QED) is 0.0521. The number of nitrogens with two attached hydrogens (primary N) is 2. The summed E-state index contributed by atoms with van der Waals surface area (Å²) in [5.74, 6) is -2.13. The number of nitro benzene ring substituents is 1.